The van der Waals surface area contributed by atoms with Crippen molar-refractivity contribution in [3.05, 3.63) is 0 Å². The third kappa shape index (κ3) is 4.70. The molecule has 0 amide bonds. The topological polar surface area (TPSA) is 21.3 Å². The van der Waals surface area contributed by atoms with Crippen LogP contribution in [0.1, 0.15) is 13.8 Å². The molecule has 0 fully saturated rings. The SMILES string of the molecule is COCCNC(=S)C(C)C. The molecule has 0 saturated carbocycles. The van der Waals surface area contributed by atoms with E-state index in [0.29, 0.717) is 12.5 Å². The van der Waals surface area contributed by atoms with E-state index < -0.39 is 0 Å². The normalized spacial score (nSPS) is 10.0. The Kier molecular flexibility index (Phi) is 5.54. The maximum atomic E-state index is 5.02. The standard InChI is InChI=1S/C7H15NOS/c1-6(2)7(10)8-4-5-9-3/h6H,4-5H2,1-3H3,(H,8,10). The summed E-state index contributed by atoms with van der Waals surface area (Å²) in [5.74, 6) is 0.437. The van der Waals surface area contributed by atoms with Crippen LogP contribution >= 0.6 is 12.2 Å². The van der Waals surface area contributed by atoms with Gasteiger partial charge in [-0.3, -0.25) is 0 Å². The van der Waals surface area contributed by atoms with Gasteiger partial charge in [0.05, 0.1) is 11.6 Å². The monoisotopic (exact) mass is 161 g/mol. The smallest absolute Gasteiger partial charge is 0.0779 e. The van der Waals surface area contributed by atoms with Gasteiger partial charge in [-0.15, -0.1) is 0 Å². The predicted octanol–water partition coefficient (Wildman–Crippen LogP) is 1.21. The number of hydrogen-bond donors (Lipinski definition) is 1. The van der Waals surface area contributed by atoms with E-state index in [1.807, 2.05) is 0 Å². The number of ether oxygens (including phenoxy) is 1. The van der Waals surface area contributed by atoms with Crippen LogP contribution < -0.4 is 5.32 Å². The van der Waals surface area contributed by atoms with Crippen LogP contribution in [0, 0.1) is 5.92 Å². The highest BCUT2D eigenvalue weighted by Crippen LogP contribution is 1.92. The molecule has 0 spiro atoms. The van der Waals surface area contributed by atoms with E-state index in [1.165, 1.54) is 0 Å². The van der Waals surface area contributed by atoms with E-state index in [2.05, 4.69) is 19.2 Å². The van der Waals surface area contributed by atoms with Crippen molar-refractivity contribution >= 4 is 17.2 Å². The Bertz CT molecular complexity index is 104. The van der Waals surface area contributed by atoms with Gasteiger partial charge in [-0.2, -0.15) is 0 Å². The molecule has 3 heteroatoms. The first-order valence-corrected chi connectivity index (χ1v) is 3.86. The molecular formula is C7H15NOS. The van der Waals surface area contributed by atoms with Gasteiger partial charge in [-0.05, 0) is 0 Å². The fraction of sp³-hybridized carbons (Fsp3) is 0.857. The van der Waals surface area contributed by atoms with Crippen LogP contribution in [-0.2, 0) is 4.74 Å². The third-order valence-electron chi connectivity index (χ3n) is 1.13. The van der Waals surface area contributed by atoms with Gasteiger partial charge < -0.3 is 10.1 Å². The largest absolute Gasteiger partial charge is 0.383 e. The molecule has 0 saturated heterocycles. The quantitative estimate of drug-likeness (QED) is 0.494. The van der Waals surface area contributed by atoms with Crippen LogP contribution in [0.5, 0.6) is 0 Å². The first-order valence-electron chi connectivity index (χ1n) is 3.45. The molecule has 0 bridgehead atoms. The average molecular weight is 161 g/mol. The van der Waals surface area contributed by atoms with Crippen molar-refractivity contribution in [1.29, 1.82) is 0 Å². The number of methoxy groups -OCH3 is 1. The van der Waals surface area contributed by atoms with Crippen LogP contribution in [0.15, 0.2) is 0 Å². The van der Waals surface area contributed by atoms with E-state index in [1.54, 1.807) is 7.11 Å². The number of nitrogens with one attached hydrogen (secondary N) is 1. The van der Waals surface area contributed by atoms with Gasteiger partial charge in [-0.25, -0.2) is 0 Å². The summed E-state index contributed by atoms with van der Waals surface area (Å²) in [6.07, 6.45) is 0. The molecule has 0 rings (SSSR count). The first-order chi connectivity index (χ1) is 4.68. The molecule has 60 valence electrons. The molecular weight excluding hydrogens is 146 g/mol. The molecule has 0 aliphatic rings. The fourth-order valence-electron chi connectivity index (χ4n) is 0.480. The van der Waals surface area contributed by atoms with Gasteiger partial charge in [0.1, 0.15) is 0 Å². The van der Waals surface area contributed by atoms with Crippen LogP contribution in [0.25, 0.3) is 0 Å². The van der Waals surface area contributed by atoms with Crippen molar-refractivity contribution in [1.82, 2.24) is 5.32 Å². The second kappa shape index (κ2) is 5.62. The van der Waals surface area contributed by atoms with E-state index in [4.69, 9.17) is 17.0 Å². The van der Waals surface area contributed by atoms with Crippen LogP contribution in [0.3, 0.4) is 0 Å². The molecule has 0 unspecified atom stereocenters. The summed E-state index contributed by atoms with van der Waals surface area (Å²) in [7, 11) is 1.68. The zero-order chi connectivity index (χ0) is 7.98. The number of rotatable bonds is 4. The highest BCUT2D eigenvalue weighted by Gasteiger charge is 1.98. The minimum absolute atomic E-state index is 0.437. The number of thiocarbonyl (C=S) groups is 1. The summed E-state index contributed by atoms with van der Waals surface area (Å²) in [5.41, 5.74) is 0. The maximum Gasteiger partial charge on any atom is 0.0779 e. The lowest BCUT2D eigenvalue weighted by atomic mass is 10.2. The summed E-state index contributed by atoms with van der Waals surface area (Å²) in [4.78, 5) is 0.914. The lowest BCUT2D eigenvalue weighted by Crippen LogP contribution is -2.28. The van der Waals surface area contributed by atoms with Gasteiger partial charge in [-0.1, -0.05) is 26.1 Å². The van der Waals surface area contributed by atoms with E-state index in [9.17, 15) is 0 Å². The molecule has 0 aliphatic carbocycles. The van der Waals surface area contributed by atoms with Crippen molar-refractivity contribution in [3.8, 4) is 0 Å². The zero-order valence-corrected chi connectivity index (χ0v) is 7.62. The van der Waals surface area contributed by atoms with Crippen LogP contribution in [-0.4, -0.2) is 25.2 Å². The average Bonchev–Trinajstić information content (AvgIpc) is 1.88. The summed E-state index contributed by atoms with van der Waals surface area (Å²) < 4.78 is 4.85. The summed E-state index contributed by atoms with van der Waals surface area (Å²) >= 11 is 5.02. The van der Waals surface area contributed by atoms with Gasteiger partial charge in [0.2, 0.25) is 0 Å². The van der Waals surface area contributed by atoms with Crippen molar-refractivity contribution in [3.63, 3.8) is 0 Å². The van der Waals surface area contributed by atoms with Gasteiger partial charge in [0, 0.05) is 19.6 Å². The minimum atomic E-state index is 0.437. The highest BCUT2D eigenvalue weighted by atomic mass is 32.1. The molecule has 2 nitrogen and oxygen atoms in total. The maximum absolute atomic E-state index is 5.02. The van der Waals surface area contributed by atoms with Crippen molar-refractivity contribution in [2.24, 2.45) is 5.92 Å². The van der Waals surface area contributed by atoms with Crippen molar-refractivity contribution in [2.45, 2.75) is 13.8 Å². The minimum Gasteiger partial charge on any atom is -0.383 e. The summed E-state index contributed by atoms with van der Waals surface area (Å²) in [6, 6.07) is 0. The molecule has 0 aromatic heterocycles. The predicted molar refractivity (Wildman–Crippen MR) is 47.3 cm³/mol. The molecule has 10 heavy (non-hydrogen) atoms. The number of hydrogen-bond acceptors (Lipinski definition) is 2. The molecule has 0 aromatic rings. The van der Waals surface area contributed by atoms with E-state index in [-0.39, 0.29) is 0 Å². The molecule has 0 radical (unpaired) electrons. The van der Waals surface area contributed by atoms with Crippen molar-refractivity contribution < 1.29 is 4.74 Å². The summed E-state index contributed by atoms with van der Waals surface area (Å²) in [5, 5.41) is 3.09. The second-order valence-corrected chi connectivity index (χ2v) is 2.88. The third-order valence-corrected chi connectivity index (χ3v) is 1.75. The Labute approximate surface area is 68.0 Å². The molecule has 0 atom stereocenters. The van der Waals surface area contributed by atoms with Crippen molar-refractivity contribution in [2.75, 3.05) is 20.3 Å². The lowest BCUT2D eigenvalue weighted by molar-refractivity contribution is 0.204. The fourth-order valence-corrected chi connectivity index (χ4v) is 0.582. The molecule has 0 aromatic carbocycles. The highest BCUT2D eigenvalue weighted by molar-refractivity contribution is 7.80. The Morgan fingerprint density at radius 3 is 2.60 bits per heavy atom. The van der Waals surface area contributed by atoms with Gasteiger partial charge in [0.15, 0.2) is 0 Å². The Balaban J connectivity index is 3.22. The van der Waals surface area contributed by atoms with Crippen LogP contribution in [0.4, 0.5) is 0 Å². The molecule has 1 N–H and O–H groups in total. The molecule has 0 aliphatic heterocycles. The zero-order valence-electron chi connectivity index (χ0n) is 6.81. The lowest BCUT2D eigenvalue weighted by Gasteiger charge is -2.09. The summed E-state index contributed by atoms with van der Waals surface area (Å²) in [6.45, 7) is 5.67. The van der Waals surface area contributed by atoms with Gasteiger partial charge in [0.25, 0.3) is 0 Å². The van der Waals surface area contributed by atoms with Crippen LogP contribution in [0.2, 0.25) is 0 Å². The van der Waals surface area contributed by atoms with Gasteiger partial charge >= 0.3 is 0 Å². The first kappa shape index (κ1) is 9.85. The Hall–Kier alpha value is -0.150. The second-order valence-electron chi connectivity index (χ2n) is 2.44. The Morgan fingerprint density at radius 1 is 1.60 bits per heavy atom. The molecule has 0 heterocycles. The van der Waals surface area contributed by atoms with E-state index >= 15 is 0 Å². The Morgan fingerprint density at radius 2 is 2.20 bits per heavy atom. The van der Waals surface area contributed by atoms with E-state index in [0.717, 1.165) is 11.5 Å².